The fourth-order valence-corrected chi connectivity index (χ4v) is 2.40. The molecule has 19 heavy (non-hydrogen) atoms. The summed E-state index contributed by atoms with van der Waals surface area (Å²) >= 11 is 1.31. The molecule has 0 spiro atoms. The van der Waals surface area contributed by atoms with Crippen LogP contribution >= 0.6 is 11.3 Å². The highest BCUT2D eigenvalue weighted by Crippen LogP contribution is 2.30. The molecule has 2 aromatic heterocycles. The number of halogens is 1. The maximum Gasteiger partial charge on any atom is 0.224 e. The summed E-state index contributed by atoms with van der Waals surface area (Å²) in [5.41, 5.74) is 12.4. The zero-order valence-corrected chi connectivity index (χ0v) is 10.4. The average Bonchev–Trinajstić information content (AvgIpc) is 2.75. The van der Waals surface area contributed by atoms with Crippen LogP contribution in [-0.4, -0.2) is 15.0 Å². The highest BCUT2D eigenvalue weighted by atomic mass is 32.1. The summed E-state index contributed by atoms with van der Waals surface area (Å²) in [7, 11) is 0. The fourth-order valence-electron chi connectivity index (χ4n) is 1.57. The second-order valence-electron chi connectivity index (χ2n) is 3.77. The summed E-state index contributed by atoms with van der Waals surface area (Å²) in [6, 6.07) is 5.96. The van der Waals surface area contributed by atoms with Gasteiger partial charge >= 0.3 is 0 Å². The highest BCUT2D eigenvalue weighted by Gasteiger charge is 2.10. The van der Waals surface area contributed by atoms with Gasteiger partial charge in [0.25, 0.3) is 0 Å². The van der Waals surface area contributed by atoms with Crippen LogP contribution in [0.3, 0.4) is 0 Å². The van der Waals surface area contributed by atoms with Crippen LogP contribution in [0.1, 0.15) is 0 Å². The average molecular weight is 276 g/mol. The molecule has 0 aliphatic rings. The predicted octanol–water partition coefficient (Wildman–Crippen LogP) is 2.13. The third kappa shape index (κ3) is 2.25. The number of anilines is 4. The minimum Gasteiger partial charge on any atom is -0.382 e. The summed E-state index contributed by atoms with van der Waals surface area (Å²) in [6.07, 6.45) is 0. The number of hydrogen-bond acceptors (Lipinski definition) is 7. The molecule has 0 aliphatic heterocycles. The van der Waals surface area contributed by atoms with E-state index >= 15 is 0 Å². The first-order valence-electron chi connectivity index (χ1n) is 5.34. The van der Waals surface area contributed by atoms with Gasteiger partial charge in [0.05, 0.1) is 0 Å². The molecule has 0 saturated heterocycles. The van der Waals surface area contributed by atoms with Gasteiger partial charge in [0.2, 0.25) is 5.95 Å². The van der Waals surface area contributed by atoms with Gasteiger partial charge in [0.1, 0.15) is 16.3 Å². The van der Waals surface area contributed by atoms with Crippen molar-refractivity contribution < 1.29 is 4.39 Å². The van der Waals surface area contributed by atoms with E-state index in [1.54, 1.807) is 12.1 Å². The van der Waals surface area contributed by atoms with Crippen LogP contribution in [0.15, 0.2) is 24.3 Å². The van der Waals surface area contributed by atoms with Gasteiger partial charge in [-0.25, -0.2) is 4.39 Å². The van der Waals surface area contributed by atoms with E-state index in [1.807, 2.05) is 0 Å². The van der Waals surface area contributed by atoms with Crippen molar-refractivity contribution >= 4 is 44.3 Å². The number of fused-ring (bicyclic) bond motifs is 1. The van der Waals surface area contributed by atoms with Gasteiger partial charge in [0.15, 0.2) is 10.8 Å². The monoisotopic (exact) mass is 276 g/mol. The number of thiazole rings is 1. The van der Waals surface area contributed by atoms with E-state index in [9.17, 15) is 4.39 Å². The zero-order chi connectivity index (χ0) is 13.4. The number of benzene rings is 1. The van der Waals surface area contributed by atoms with Crippen LogP contribution in [0.4, 0.5) is 27.0 Å². The Morgan fingerprint density at radius 1 is 1.05 bits per heavy atom. The zero-order valence-electron chi connectivity index (χ0n) is 9.59. The summed E-state index contributed by atoms with van der Waals surface area (Å²) in [4.78, 5) is 12.1. The lowest BCUT2D eigenvalue weighted by Crippen LogP contribution is -1.99. The molecule has 3 aromatic rings. The summed E-state index contributed by atoms with van der Waals surface area (Å²) in [5, 5.41) is 3.63. The number of nitrogens with two attached hydrogens (primary N) is 2. The fraction of sp³-hybridized carbons (Fsp3) is 0. The Kier molecular flexibility index (Phi) is 2.64. The molecule has 0 unspecified atom stereocenters. The molecule has 0 fully saturated rings. The third-order valence-corrected chi connectivity index (χ3v) is 3.38. The van der Waals surface area contributed by atoms with Crippen LogP contribution in [0.2, 0.25) is 0 Å². The maximum atomic E-state index is 12.8. The van der Waals surface area contributed by atoms with Crippen molar-refractivity contribution in [2.45, 2.75) is 0 Å². The molecule has 2 heterocycles. The Labute approximate surface area is 111 Å². The normalized spacial score (nSPS) is 10.8. The first kappa shape index (κ1) is 11.6. The van der Waals surface area contributed by atoms with Gasteiger partial charge in [-0.05, 0) is 24.3 Å². The number of nitrogens with zero attached hydrogens (tertiary/aromatic N) is 3. The van der Waals surface area contributed by atoms with Gasteiger partial charge < -0.3 is 16.8 Å². The number of hydrogen-bond donors (Lipinski definition) is 3. The van der Waals surface area contributed by atoms with Crippen molar-refractivity contribution in [1.82, 2.24) is 15.0 Å². The van der Waals surface area contributed by atoms with Crippen LogP contribution in [-0.2, 0) is 0 Å². The Morgan fingerprint density at radius 2 is 1.79 bits per heavy atom. The molecule has 0 atom stereocenters. The van der Waals surface area contributed by atoms with Crippen molar-refractivity contribution in [3.63, 3.8) is 0 Å². The first-order chi connectivity index (χ1) is 9.11. The van der Waals surface area contributed by atoms with Gasteiger partial charge in [-0.2, -0.15) is 15.0 Å². The molecule has 0 bridgehead atoms. The topological polar surface area (TPSA) is 103 Å². The minimum atomic E-state index is -0.294. The third-order valence-electron chi connectivity index (χ3n) is 2.39. The Morgan fingerprint density at radius 3 is 2.53 bits per heavy atom. The second kappa shape index (κ2) is 4.32. The van der Waals surface area contributed by atoms with Crippen LogP contribution in [0, 0.1) is 5.82 Å². The van der Waals surface area contributed by atoms with E-state index < -0.39 is 0 Å². The molecule has 3 rings (SSSR count). The minimum absolute atomic E-state index is 0.0867. The molecular formula is C11H9FN6S. The SMILES string of the molecule is Nc1nc(N)c2sc(Nc3ccc(F)cc3)nc2n1. The molecule has 8 heteroatoms. The van der Waals surface area contributed by atoms with E-state index in [4.69, 9.17) is 11.5 Å². The largest absolute Gasteiger partial charge is 0.382 e. The summed E-state index contributed by atoms with van der Waals surface area (Å²) in [6.45, 7) is 0. The van der Waals surface area contributed by atoms with Gasteiger partial charge in [-0.1, -0.05) is 11.3 Å². The second-order valence-corrected chi connectivity index (χ2v) is 4.77. The lowest BCUT2D eigenvalue weighted by molar-refractivity contribution is 0.628. The standard InChI is InChI=1S/C11H9FN6S/c12-5-1-3-6(4-2-5)15-11-18-9-7(19-11)8(13)16-10(14)17-9/h1-4H,(H5,13,14,15,16,17,18). The smallest absolute Gasteiger partial charge is 0.224 e. The van der Waals surface area contributed by atoms with Crippen LogP contribution in [0.25, 0.3) is 10.3 Å². The quantitative estimate of drug-likeness (QED) is 0.662. The number of nitrogens with one attached hydrogen (secondary N) is 1. The van der Waals surface area contributed by atoms with E-state index in [0.717, 1.165) is 5.69 Å². The first-order valence-corrected chi connectivity index (χ1v) is 6.15. The van der Waals surface area contributed by atoms with Gasteiger partial charge in [-0.3, -0.25) is 0 Å². The number of rotatable bonds is 2. The molecule has 0 saturated carbocycles. The molecule has 0 radical (unpaired) electrons. The molecule has 96 valence electrons. The van der Waals surface area contributed by atoms with Crippen molar-refractivity contribution in [2.75, 3.05) is 16.8 Å². The van der Waals surface area contributed by atoms with Crippen molar-refractivity contribution in [1.29, 1.82) is 0 Å². The van der Waals surface area contributed by atoms with Crippen LogP contribution < -0.4 is 16.8 Å². The van der Waals surface area contributed by atoms with Crippen molar-refractivity contribution in [2.24, 2.45) is 0 Å². The van der Waals surface area contributed by atoms with E-state index in [1.165, 1.54) is 23.5 Å². The van der Waals surface area contributed by atoms with E-state index in [-0.39, 0.29) is 11.8 Å². The van der Waals surface area contributed by atoms with Gasteiger partial charge in [-0.15, -0.1) is 0 Å². The lowest BCUT2D eigenvalue weighted by atomic mass is 10.3. The summed E-state index contributed by atoms with van der Waals surface area (Å²) in [5.74, 6) is 0.0912. The lowest BCUT2D eigenvalue weighted by Gasteiger charge is -2.00. The molecule has 0 aliphatic carbocycles. The predicted molar refractivity (Wildman–Crippen MR) is 73.7 cm³/mol. The maximum absolute atomic E-state index is 12.8. The molecule has 1 aromatic carbocycles. The highest BCUT2D eigenvalue weighted by molar-refractivity contribution is 7.22. The van der Waals surface area contributed by atoms with Gasteiger partial charge in [0, 0.05) is 5.69 Å². The van der Waals surface area contributed by atoms with E-state index in [2.05, 4.69) is 20.3 Å². The number of aromatic nitrogens is 3. The number of nitrogen functional groups attached to an aromatic ring is 2. The van der Waals surface area contributed by atoms with E-state index in [0.29, 0.717) is 21.3 Å². The Balaban J connectivity index is 1.97. The van der Waals surface area contributed by atoms with Crippen LogP contribution in [0.5, 0.6) is 0 Å². The Hall–Kier alpha value is -2.48. The van der Waals surface area contributed by atoms with Crippen molar-refractivity contribution in [3.8, 4) is 0 Å². The molecule has 0 amide bonds. The molecule has 5 N–H and O–H groups in total. The molecule has 6 nitrogen and oxygen atoms in total. The van der Waals surface area contributed by atoms with Crippen molar-refractivity contribution in [3.05, 3.63) is 30.1 Å². The molecular weight excluding hydrogens is 267 g/mol. The summed E-state index contributed by atoms with van der Waals surface area (Å²) < 4.78 is 13.5. The Bertz CT molecular complexity index is 739.